The summed E-state index contributed by atoms with van der Waals surface area (Å²) in [7, 11) is 0. The first-order valence-corrected chi connectivity index (χ1v) is 10.6. The fraction of sp³-hybridized carbons (Fsp3) is 0.316. The highest BCUT2D eigenvalue weighted by molar-refractivity contribution is 7.99. The van der Waals surface area contributed by atoms with Crippen molar-refractivity contribution in [2.45, 2.75) is 37.4 Å². The van der Waals surface area contributed by atoms with Crippen molar-refractivity contribution in [3.8, 4) is 0 Å². The fourth-order valence-corrected chi connectivity index (χ4v) is 5.25. The number of nitrogens with zero attached hydrogens (tertiary/aromatic N) is 2. The van der Waals surface area contributed by atoms with Crippen molar-refractivity contribution < 1.29 is 9.18 Å². The number of hydrogen-bond acceptors (Lipinski definition) is 6. The number of benzene rings is 1. The first-order valence-electron chi connectivity index (χ1n) is 8.82. The van der Waals surface area contributed by atoms with E-state index in [1.807, 2.05) is 0 Å². The van der Waals surface area contributed by atoms with Crippen molar-refractivity contribution in [3.05, 3.63) is 46.1 Å². The summed E-state index contributed by atoms with van der Waals surface area (Å²) in [4.78, 5) is 23.3. The van der Waals surface area contributed by atoms with Crippen LogP contribution >= 0.6 is 23.1 Å². The quantitative estimate of drug-likeness (QED) is 0.502. The molecule has 1 aliphatic rings. The number of rotatable bonds is 5. The smallest absolute Gasteiger partial charge is 0.230 e. The van der Waals surface area contributed by atoms with Crippen LogP contribution in [0.1, 0.15) is 28.8 Å². The second-order valence-electron chi connectivity index (χ2n) is 6.44. The Morgan fingerprint density at radius 1 is 1.26 bits per heavy atom. The summed E-state index contributed by atoms with van der Waals surface area (Å²) in [6.07, 6.45) is 4.50. The Kier molecular flexibility index (Phi) is 5.27. The number of nitrogens with one attached hydrogen (secondary N) is 1. The van der Waals surface area contributed by atoms with E-state index in [4.69, 9.17) is 5.73 Å². The molecule has 0 unspecified atom stereocenters. The third-order valence-electron chi connectivity index (χ3n) is 4.59. The number of amides is 1. The van der Waals surface area contributed by atoms with Crippen LogP contribution in [-0.4, -0.2) is 21.6 Å². The Labute approximate surface area is 164 Å². The largest absolute Gasteiger partial charge is 0.383 e. The number of aryl methyl sites for hydroxylation is 2. The van der Waals surface area contributed by atoms with Gasteiger partial charge in [-0.3, -0.25) is 4.79 Å². The summed E-state index contributed by atoms with van der Waals surface area (Å²) < 4.78 is 13.6. The molecule has 0 spiro atoms. The zero-order valence-corrected chi connectivity index (χ0v) is 16.3. The van der Waals surface area contributed by atoms with Gasteiger partial charge in [0, 0.05) is 17.0 Å². The lowest BCUT2D eigenvalue weighted by Gasteiger charge is -2.10. The molecule has 3 aromatic rings. The third kappa shape index (κ3) is 3.91. The van der Waals surface area contributed by atoms with Crippen molar-refractivity contribution in [1.82, 2.24) is 15.3 Å². The lowest BCUT2D eigenvalue weighted by Crippen LogP contribution is -2.25. The van der Waals surface area contributed by atoms with Gasteiger partial charge in [0.05, 0.1) is 11.1 Å². The van der Waals surface area contributed by atoms with E-state index >= 15 is 0 Å². The number of thiophene rings is 1. The monoisotopic (exact) mass is 402 g/mol. The minimum absolute atomic E-state index is 0.157. The zero-order valence-electron chi connectivity index (χ0n) is 14.6. The van der Waals surface area contributed by atoms with E-state index < -0.39 is 0 Å². The number of aromatic nitrogens is 2. The van der Waals surface area contributed by atoms with Gasteiger partial charge in [-0.2, -0.15) is 0 Å². The van der Waals surface area contributed by atoms with Crippen LogP contribution in [0.15, 0.2) is 29.4 Å². The molecule has 2 heterocycles. The predicted molar refractivity (Wildman–Crippen MR) is 107 cm³/mol. The second-order valence-corrected chi connectivity index (χ2v) is 8.47. The Morgan fingerprint density at radius 3 is 2.93 bits per heavy atom. The fourth-order valence-electron chi connectivity index (χ4n) is 3.25. The van der Waals surface area contributed by atoms with Gasteiger partial charge >= 0.3 is 0 Å². The number of carbonyl (C=O) groups is 1. The highest BCUT2D eigenvalue weighted by atomic mass is 32.2. The van der Waals surface area contributed by atoms with Gasteiger partial charge in [0.1, 0.15) is 16.5 Å². The van der Waals surface area contributed by atoms with Crippen LogP contribution in [-0.2, 0) is 24.2 Å². The summed E-state index contributed by atoms with van der Waals surface area (Å²) in [6, 6.07) is 6.39. The van der Waals surface area contributed by atoms with Gasteiger partial charge in [-0.25, -0.2) is 14.4 Å². The maximum absolute atomic E-state index is 13.6. The summed E-state index contributed by atoms with van der Waals surface area (Å²) in [5.41, 5.74) is 7.95. The van der Waals surface area contributed by atoms with E-state index in [1.165, 1.54) is 41.1 Å². The molecule has 0 saturated carbocycles. The zero-order chi connectivity index (χ0) is 18.8. The molecule has 4 rings (SSSR count). The van der Waals surface area contributed by atoms with E-state index in [2.05, 4.69) is 15.3 Å². The third-order valence-corrected chi connectivity index (χ3v) is 6.62. The second kappa shape index (κ2) is 7.82. The van der Waals surface area contributed by atoms with Crippen LogP contribution < -0.4 is 11.1 Å². The average molecular weight is 403 g/mol. The van der Waals surface area contributed by atoms with E-state index in [1.54, 1.807) is 29.5 Å². The molecule has 0 fully saturated rings. The standard InChI is InChI=1S/C19H19FN4OS2/c20-13-7-3-1-5-11(13)9-22-15(25)10-26-19-23-17(21)16-12-6-2-4-8-14(12)27-18(16)24-19/h1,3,5,7H,2,4,6,8-10H2,(H,22,25)(H2,21,23,24). The molecular formula is C19H19FN4OS2. The molecule has 1 aliphatic carbocycles. The van der Waals surface area contributed by atoms with Gasteiger partial charge in [0.15, 0.2) is 5.16 Å². The minimum Gasteiger partial charge on any atom is -0.383 e. The molecule has 0 saturated heterocycles. The highest BCUT2D eigenvalue weighted by Gasteiger charge is 2.20. The molecule has 1 aromatic carbocycles. The lowest BCUT2D eigenvalue weighted by molar-refractivity contribution is -0.118. The summed E-state index contributed by atoms with van der Waals surface area (Å²) in [6.45, 7) is 0.158. The lowest BCUT2D eigenvalue weighted by atomic mass is 9.97. The molecule has 27 heavy (non-hydrogen) atoms. The normalized spacial score (nSPS) is 13.5. The molecule has 5 nitrogen and oxygen atoms in total. The van der Waals surface area contributed by atoms with E-state index in [9.17, 15) is 9.18 Å². The van der Waals surface area contributed by atoms with Gasteiger partial charge in [0.25, 0.3) is 0 Å². The van der Waals surface area contributed by atoms with Crippen LogP contribution in [0.2, 0.25) is 0 Å². The minimum atomic E-state index is -0.325. The molecule has 0 radical (unpaired) electrons. The molecule has 3 N–H and O–H groups in total. The van der Waals surface area contributed by atoms with Crippen LogP contribution in [0.3, 0.4) is 0 Å². The van der Waals surface area contributed by atoms with Crippen LogP contribution in [0.25, 0.3) is 10.2 Å². The number of anilines is 1. The van der Waals surface area contributed by atoms with Crippen molar-refractivity contribution >= 4 is 45.0 Å². The Balaban J connectivity index is 1.41. The van der Waals surface area contributed by atoms with Gasteiger partial charge in [0.2, 0.25) is 5.91 Å². The van der Waals surface area contributed by atoms with Gasteiger partial charge in [-0.15, -0.1) is 11.3 Å². The first-order chi connectivity index (χ1) is 13.1. The average Bonchev–Trinajstić information content (AvgIpc) is 3.04. The number of halogens is 1. The summed E-state index contributed by atoms with van der Waals surface area (Å²) in [5, 5.41) is 4.21. The molecule has 2 aromatic heterocycles. The number of nitrogens with two attached hydrogens (primary N) is 1. The topological polar surface area (TPSA) is 80.9 Å². The summed E-state index contributed by atoms with van der Waals surface area (Å²) >= 11 is 2.93. The molecular weight excluding hydrogens is 383 g/mol. The van der Waals surface area contributed by atoms with E-state index in [0.29, 0.717) is 16.5 Å². The molecule has 140 valence electrons. The number of thioether (sulfide) groups is 1. The van der Waals surface area contributed by atoms with Crippen LogP contribution in [0, 0.1) is 5.82 Å². The molecule has 1 amide bonds. The van der Waals surface area contributed by atoms with Crippen molar-refractivity contribution in [3.63, 3.8) is 0 Å². The Morgan fingerprint density at radius 2 is 2.07 bits per heavy atom. The maximum Gasteiger partial charge on any atom is 0.230 e. The van der Waals surface area contributed by atoms with Gasteiger partial charge in [-0.05, 0) is 37.3 Å². The maximum atomic E-state index is 13.6. The number of fused-ring (bicyclic) bond motifs is 3. The Hall–Kier alpha value is -2.19. The SMILES string of the molecule is Nc1nc(SCC(=O)NCc2ccccc2F)nc2sc3c(c12)CCCC3. The number of carbonyl (C=O) groups excluding carboxylic acids is 1. The molecule has 0 aliphatic heterocycles. The Bertz CT molecular complexity index is 1000. The molecule has 0 atom stereocenters. The van der Waals surface area contributed by atoms with Crippen LogP contribution in [0.4, 0.5) is 10.2 Å². The highest BCUT2D eigenvalue weighted by Crippen LogP contribution is 2.38. The van der Waals surface area contributed by atoms with Gasteiger partial charge in [-0.1, -0.05) is 30.0 Å². The number of hydrogen-bond donors (Lipinski definition) is 2. The van der Waals surface area contributed by atoms with Crippen LogP contribution in [0.5, 0.6) is 0 Å². The van der Waals surface area contributed by atoms with E-state index in [-0.39, 0.29) is 24.0 Å². The predicted octanol–water partition coefficient (Wildman–Crippen LogP) is 3.70. The molecule has 0 bridgehead atoms. The molecule has 8 heteroatoms. The van der Waals surface area contributed by atoms with Crippen molar-refractivity contribution in [1.29, 1.82) is 0 Å². The van der Waals surface area contributed by atoms with Crippen molar-refractivity contribution in [2.24, 2.45) is 0 Å². The summed E-state index contributed by atoms with van der Waals surface area (Å²) in [5.74, 6) is 0.128. The van der Waals surface area contributed by atoms with Gasteiger partial charge < -0.3 is 11.1 Å². The van der Waals surface area contributed by atoms with E-state index in [0.717, 1.165) is 23.1 Å². The van der Waals surface area contributed by atoms with Crippen molar-refractivity contribution in [2.75, 3.05) is 11.5 Å². The number of nitrogen functional groups attached to an aromatic ring is 1. The first kappa shape index (κ1) is 18.2.